The van der Waals surface area contributed by atoms with Crippen LogP contribution >= 0.6 is 55.1 Å². The van der Waals surface area contributed by atoms with Crippen LogP contribution in [0.1, 0.15) is 11.1 Å². The first kappa shape index (κ1) is 21.6. The highest BCUT2D eigenvalue weighted by molar-refractivity contribution is 9.10. The molecule has 0 unspecified atom stereocenters. The normalized spacial score (nSPS) is 18.2. The molecule has 0 N–H and O–H groups in total. The van der Waals surface area contributed by atoms with Gasteiger partial charge in [0, 0.05) is 30.5 Å². The molecule has 0 aromatic heterocycles. The fourth-order valence-corrected chi connectivity index (χ4v) is 5.40. The lowest BCUT2D eigenvalue weighted by molar-refractivity contribution is 1.19. The van der Waals surface area contributed by atoms with Gasteiger partial charge in [0.15, 0.2) is 0 Å². The van der Waals surface area contributed by atoms with Crippen molar-refractivity contribution in [3.05, 3.63) is 136 Å². The molecule has 32 heavy (non-hydrogen) atoms. The van der Waals surface area contributed by atoms with E-state index in [1.165, 1.54) is 0 Å². The van der Waals surface area contributed by atoms with Gasteiger partial charge in [0.25, 0.3) is 0 Å². The third-order valence-corrected chi connectivity index (χ3v) is 6.60. The molecule has 156 valence electrons. The first-order valence-corrected chi connectivity index (χ1v) is 12.1. The number of hydrogen-bond acceptors (Lipinski definition) is 2. The van der Waals surface area contributed by atoms with Gasteiger partial charge in [-0.2, -0.15) is 0 Å². The fraction of sp³-hybridized carbons (Fsp3) is 0. The van der Waals surface area contributed by atoms with Crippen molar-refractivity contribution in [3.63, 3.8) is 0 Å². The van der Waals surface area contributed by atoms with E-state index in [0.717, 1.165) is 41.9 Å². The lowest BCUT2D eigenvalue weighted by atomic mass is 10.1. The maximum atomic E-state index is 6.74. The molecule has 0 amide bonds. The zero-order valence-electron chi connectivity index (χ0n) is 16.5. The van der Waals surface area contributed by atoms with Crippen LogP contribution in [-0.4, -0.2) is 0 Å². The van der Waals surface area contributed by atoms with Crippen LogP contribution in [0.25, 0.3) is 11.4 Å². The van der Waals surface area contributed by atoms with Crippen LogP contribution < -0.4 is 21.2 Å². The minimum Gasteiger partial charge on any atom is -0.245 e. The van der Waals surface area contributed by atoms with Gasteiger partial charge >= 0.3 is 0 Å². The van der Waals surface area contributed by atoms with E-state index in [1.54, 1.807) is 0 Å². The van der Waals surface area contributed by atoms with Crippen LogP contribution in [0, 0.1) is 0 Å². The number of benzene rings is 4. The summed E-state index contributed by atoms with van der Waals surface area (Å²) in [4.78, 5) is 10.2. The number of hydrogen-bond donors (Lipinski definition) is 0. The Morgan fingerprint density at radius 1 is 0.531 bits per heavy atom. The maximum Gasteiger partial charge on any atom is 0.0918 e. The molecule has 4 aromatic carbocycles. The van der Waals surface area contributed by atoms with Crippen molar-refractivity contribution in [1.29, 1.82) is 0 Å². The average molecular weight is 585 g/mol. The quantitative estimate of drug-likeness (QED) is 0.285. The van der Waals surface area contributed by atoms with Gasteiger partial charge in [-0.3, -0.25) is 0 Å². The predicted molar refractivity (Wildman–Crippen MR) is 138 cm³/mol. The third-order valence-electron chi connectivity index (χ3n) is 5.11. The van der Waals surface area contributed by atoms with Crippen LogP contribution in [-0.2, 0) is 0 Å². The van der Waals surface area contributed by atoms with Crippen molar-refractivity contribution in [1.82, 2.24) is 0 Å². The first-order valence-electron chi connectivity index (χ1n) is 9.78. The highest BCUT2D eigenvalue weighted by Gasteiger charge is 2.14. The molecule has 6 heteroatoms. The van der Waals surface area contributed by atoms with Gasteiger partial charge < -0.3 is 0 Å². The van der Waals surface area contributed by atoms with Gasteiger partial charge in [0.05, 0.1) is 32.2 Å². The molecule has 1 aliphatic heterocycles. The monoisotopic (exact) mass is 582 g/mol. The summed E-state index contributed by atoms with van der Waals surface area (Å²) >= 11 is 20.6. The topological polar surface area (TPSA) is 24.7 Å². The summed E-state index contributed by atoms with van der Waals surface area (Å²) in [7, 11) is 0. The maximum absolute atomic E-state index is 6.74. The largest absolute Gasteiger partial charge is 0.245 e. The summed E-state index contributed by atoms with van der Waals surface area (Å²) in [6.07, 6.45) is 0. The number of rotatable bonds is 2. The number of fused-ring (bicyclic) bond motifs is 2. The van der Waals surface area contributed by atoms with E-state index in [-0.39, 0.29) is 0 Å². The van der Waals surface area contributed by atoms with Crippen molar-refractivity contribution >= 4 is 66.5 Å². The molecule has 5 rings (SSSR count). The van der Waals surface area contributed by atoms with E-state index in [9.17, 15) is 0 Å². The summed E-state index contributed by atoms with van der Waals surface area (Å²) in [6, 6.07) is 27.7. The number of nitrogens with zero attached hydrogens (tertiary/aromatic N) is 2. The summed E-state index contributed by atoms with van der Waals surface area (Å²) in [5.74, 6) is 0. The molecule has 0 saturated heterocycles. The average Bonchev–Trinajstić information content (AvgIpc) is 2.77. The Morgan fingerprint density at radius 3 is 1.28 bits per heavy atom. The minimum absolute atomic E-state index is 0.538. The zero-order chi connectivity index (χ0) is 22.2. The second kappa shape index (κ2) is 8.95. The van der Waals surface area contributed by atoms with E-state index in [0.29, 0.717) is 20.8 Å². The van der Waals surface area contributed by atoms with Crippen molar-refractivity contribution in [2.45, 2.75) is 0 Å². The van der Waals surface area contributed by atoms with Crippen molar-refractivity contribution in [3.8, 4) is 0 Å². The van der Waals surface area contributed by atoms with Gasteiger partial charge in [0.1, 0.15) is 0 Å². The van der Waals surface area contributed by atoms with Crippen LogP contribution in [0.15, 0.2) is 104 Å². The van der Waals surface area contributed by atoms with Gasteiger partial charge in [-0.15, -0.1) is 0 Å². The Hall–Kier alpha value is -2.24. The van der Waals surface area contributed by atoms with Gasteiger partial charge in [-0.05, 0) is 24.3 Å². The van der Waals surface area contributed by atoms with Crippen molar-refractivity contribution in [2.24, 2.45) is 9.98 Å². The fourth-order valence-electron chi connectivity index (χ4n) is 3.70. The van der Waals surface area contributed by atoms with Gasteiger partial charge in [-0.1, -0.05) is 116 Å². The first-order chi connectivity index (χ1) is 15.5. The molecule has 0 aliphatic carbocycles. The summed E-state index contributed by atoms with van der Waals surface area (Å²) in [5.41, 5.74) is 3.41. The Balaban J connectivity index is 2.08. The number of halogens is 4. The van der Waals surface area contributed by atoms with E-state index < -0.39 is 0 Å². The summed E-state index contributed by atoms with van der Waals surface area (Å²) in [6.45, 7) is 0. The van der Waals surface area contributed by atoms with E-state index in [1.807, 2.05) is 84.9 Å². The molecule has 0 radical (unpaired) electrons. The highest BCUT2D eigenvalue weighted by Crippen LogP contribution is 2.19. The molecule has 0 atom stereocenters. The van der Waals surface area contributed by atoms with Crippen LogP contribution in [0.3, 0.4) is 0 Å². The standard InChI is InChI=1S/C26H14Br2Cl2N2/c27-17-11-19-23(15-7-3-1-4-8-15)31-26-20(12-18(28)14-22(26)30)24(16-9-5-2-6-10-16)32-25(19)21(29)13-17/h1-14H/b23-19-,24-20-,31-23?,31-26-,32-24?,32-25-. The SMILES string of the molecule is Clc1cc(Br)cc2/c1=N/C(c1ccccc1)=c1/cc(Br)cc(Cl)/c1=N\C=2c1ccccc1. The van der Waals surface area contributed by atoms with E-state index >= 15 is 0 Å². The lowest BCUT2D eigenvalue weighted by Crippen LogP contribution is -2.36. The second-order valence-electron chi connectivity index (χ2n) is 7.22. The van der Waals surface area contributed by atoms with Gasteiger partial charge in [0.2, 0.25) is 0 Å². The molecular formula is C26H14Br2Cl2N2. The van der Waals surface area contributed by atoms with Crippen molar-refractivity contribution < 1.29 is 0 Å². The van der Waals surface area contributed by atoms with Crippen LogP contribution in [0.4, 0.5) is 0 Å². The Kier molecular flexibility index (Phi) is 6.04. The smallest absolute Gasteiger partial charge is 0.0918 e. The molecular weight excluding hydrogens is 571 g/mol. The molecule has 4 aromatic rings. The van der Waals surface area contributed by atoms with Crippen molar-refractivity contribution in [2.75, 3.05) is 0 Å². The Morgan fingerprint density at radius 2 is 0.906 bits per heavy atom. The lowest BCUT2D eigenvalue weighted by Gasteiger charge is -2.11. The van der Waals surface area contributed by atoms with Crippen LogP contribution in [0.2, 0.25) is 10.0 Å². The van der Waals surface area contributed by atoms with Crippen LogP contribution in [0.5, 0.6) is 0 Å². The molecule has 0 spiro atoms. The predicted octanol–water partition coefficient (Wildman–Crippen LogP) is 5.78. The molecule has 1 aliphatic rings. The van der Waals surface area contributed by atoms with E-state index in [4.69, 9.17) is 33.2 Å². The van der Waals surface area contributed by atoms with Gasteiger partial charge in [-0.25, -0.2) is 9.98 Å². The zero-order valence-corrected chi connectivity index (χ0v) is 21.2. The minimum atomic E-state index is 0.538. The molecule has 0 fully saturated rings. The molecule has 0 saturated carbocycles. The third kappa shape index (κ3) is 4.08. The highest BCUT2D eigenvalue weighted by atomic mass is 79.9. The molecule has 0 bridgehead atoms. The molecule has 2 nitrogen and oxygen atoms in total. The second-order valence-corrected chi connectivity index (χ2v) is 9.87. The Bertz CT molecular complexity index is 1480. The summed E-state index contributed by atoms with van der Waals surface area (Å²) in [5, 5.41) is 4.06. The molecule has 1 heterocycles. The Labute approximate surface area is 211 Å². The summed E-state index contributed by atoms with van der Waals surface area (Å²) < 4.78 is 1.70. The van der Waals surface area contributed by atoms with E-state index in [2.05, 4.69) is 31.9 Å².